The van der Waals surface area contributed by atoms with Crippen LogP contribution in [0.2, 0.25) is 10.0 Å². The van der Waals surface area contributed by atoms with Crippen LogP contribution in [0.25, 0.3) is 0 Å². The molecule has 2 aromatic rings. The Balaban J connectivity index is 1.79. The zero-order valence-electron chi connectivity index (χ0n) is 17.1. The first-order chi connectivity index (χ1) is 14.3. The zero-order chi connectivity index (χ0) is 21.7. The summed E-state index contributed by atoms with van der Waals surface area (Å²) in [6, 6.07) is 9.93. The van der Waals surface area contributed by atoms with Crippen molar-refractivity contribution in [3.05, 3.63) is 52.0 Å². The maximum atomic E-state index is 12.8. The first-order valence-electron chi connectivity index (χ1n) is 10.0. The summed E-state index contributed by atoms with van der Waals surface area (Å²) < 4.78 is 0. The van der Waals surface area contributed by atoms with E-state index in [1.165, 1.54) is 0 Å². The normalized spacial score (nSPS) is 13.4. The highest BCUT2D eigenvalue weighted by atomic mass is 35.5. The van der Waals surface area contributed by atoms with E-state index in [4.69, 9.17) is 23.2 Å². The molecule has 8 heteroatoms. The van der Waals surface area contributed by atoms with Crippen LogP contribution in [-0.2, 0) is 0 Å². The van der Waals surface area contributed by atoms with Crippen molar-refractivity contribution in [2.75, 3.05) is 35.2 Å². The van der Waals surface area contributed by atoms with Crippen LogP contribution >= 0.6 is 23.2 Å². The van der Waals surface area contributed by atoms with E-state index in [2.05, 4.69) is 20.9 Å². The maximum absolute atomic E-state index is 12.8. The molecule has 0 atom stereocenters. The molecule has 1 aliphatic rings. The third kappa shape index (κ3) is 5.58. The SMILES string of the molecule is CC(C)CNC(=O)c1cc(NC(=O)Nc2cccc(Cl)c2Cl)ccc1N1CCCC1. The lowest BCUT2D eigenvalue weighted by molar-refractivity contribution is 0.0949. The summed E-state index contributed by atoms with van der Waals surface area (Å²) in [5.41, 5.74) is 2.36. The minimum atomic E-state index is -0.471. The zero-order valence-corrected chi connectivity index (χ0v) is 18.6. The van der Waals surface area contributed by atoms with Crippen molar-refractivity contribution in [2.24, 2.45) is 5.92 Å². The number of hydrogen-bond donors (Lipinski definition) is 3. The number of hydrogen-bond acceptors (Lipinski definition) is 3. The summed E-state index contributed by atoms with van der Waals surface area (Å²) in [4.78, 5) is 27.5. The molecule has 0 radical (unpaired) electrons. The van der Waals surface area contributed by atoms with Crippen LogP contribution < -0.4 is 20.9 Å². The molecule has 1 saturated heterocycles. The van der Waals surface area contributed by atoms with E-state index in [0.29, 0.717) is 34.4 Å². The van der Waals surface area contributed by atoms with Gasteiger partial charge >= 0.3 is 6.03 Å². The third-order valence-electron chi connectivity index (χ3n) is 4.82. The molecule has 2 aromatic carbocycles. The Kier molecular flexibility index (Phi) is 7.45. The molecule has 0 bridgehead atoms. The molecule has 3 amide bonds. The van der Waals surface area contributed by atoms with Crippen LogP contribution in [0.15, 0.2) is 36.4 Å². The molecule has 160 valence electrons. The van der Waals surface area contributed by atoms with E-state index in [1.54, 1.807) is 30.3 Å². The summed E-state index contributed by atoms with van der Waals surface area (Å²) in [6.45, 7) is 6.52. The van der Waals surface area contributed by atoms with Crippen LogP contribution in [0.5, 0.6) is 0 Å². The van der Waals surface area contributed by atoms with Gasteiger partial charge in [0.25, 0.3) is 5.91 Å². The highest BCUT2D eigenvalue weighted by molar-refractivity contribution is 6.44. The van der Waals surface area contributed by atoms with Gasteiger partial charge in [-0.05, 0) is 49.1 Å². The largest absolute Gasteiger partial charge is 0.371 e. The fourth-order valence-electron chi connectivity index (χ4n) is 3.31. The number of urea groups is 1. The summed E-state index contributed by atoms with van der Waals surface area (Å²) in [5.74, 6) is 0.200. The summed E-state index contributed by atoms with van der Waals surface area (Å²) in [7, 11) is 0. The quantitative estimate of drug-likeness (QED) is 0.536. The molecular formula is C22H26Cl2N4O2. The maximum Gasteiger partial charge on any atom is 0.323 e. The fourth-order valence-corrected chi connectivity index (χ4v) is 3.65. The Morgan fingerprint density at radius 1 is 1.07 bits per heavy atom. The number of halogens is 2. The third-order valence-corrected chi connectivity index (χ3v) is 5.64. The Morgan fingerprint density at radius 3 is 2.50 bits per heavy atom. The van der Waals surface area contributed by atoms with E-state index >= 15 is 0 Å². The Morgan fingerprint density at radius 2 is 1.80 bits per heavy atom. The van der Waals surface area contributed by atoms with Crippen molar-refractivity contribution in [3.8, 4) is 0 Å². The number of benzene rings is 2. The summed E-state index contributed by atoms with van der Waals surface area (Å²) >= 11 is 12.1. The van der Waals surface area contributed by atoms with Gasteiger partial charge in [0.1, 0.15) is 0 Å². The molecule has 0 aromatic heterocycles. The van der Waals surface area contributed by atoms with Crippen molar-refractivity contribution in [1.82, 2.24) is 5.32 Å². The van der Waals surface area contributed by atoms with E-state index in [1.807, 2.05) is 19.9 Å². The molecule has 3 N–H and O–H groups in total. The average Bonchev–Trinajstić information content (AvgIpc) is 3.24. The molecule has 1 heterocycles. The van der Waals surface area contributed by atoms with Crippen molar-refractivity contribution in [2.45, 2.75) is 26.7 Å². The van der Waals surface area contributed by atoms with E-state index < -0.39 is 6.03 Å². The lowest BCUT2D eigenvalue weighted by atomic mass is 10.1. The lowest BCUT2D eigenvalue weighted by Gasteiger charge is -2.22. The number of nitrogens with zero attached hydrogens (tertiary/aromatic N) is 1. The highest BCUT2D eigenvalue weighted by Gasteiger charge is 2.20. The summed E-state index contributed by atoms with van der Waals surface area (Å²) in [5, 5.41) is 9.04. The fraction of sp³-hybridized carbons (Fsp3) is 0.364. The molecule has 0 spiro atoms. The average molecular weight is 449 g/mol. The van der Waals surface area contributed by atoms with Crippen molar-refractivity contribution >= 4 is 52.2 Å². The van der Waals surface area contributed by atoms with Gasteiger partial charge in [-0.15, -0.1) is 0 Å². The minimum absolute atomic E-state index is 0.146. The van der Waals surface area contributed by atoms with Crippen molar-refractivity contribution in [3.63, 3.8) is 0 Å². The Labute approximate surface area is 186 Å². The predicted octanol–water partition coefficient (Wildman–Crippen LogP) is 5.62. The van der Waals surface area contributed by atoms with E-state index in [0.717, 1.165) is 31.6 Å². The molecule has 0 aliphatic carbocycles. The van der Waals surface area contributed by atoms with Crippen LogP contribution in [0.1, 0.15) is 37.0 Å². The second kappa shape index (κ2) is 10.0. The van der Waals surface area contributed by atoms with Crippen LogP contribution in [-0.4, -0.2) is 31.6 Å². The van der Waals surface area contributed by atoms with Gasteiger partial charge in [0.2, 0.25) is 0 Å². The molecular weight excluding hydrogens is 423 g/mol. The van der Waals surface area contributed by atoms with Gasteiger partial charge in [0.05, 0.1) is 21.3 Å². The smallest absolute Gasteiger partial charge is 0.323 e. The number of carbonyl (C=O) groups excluding carboxylic acids is 2. The van der Waals surface area contributed by atoms with Gasteiger partial charge < -0.3 is 20.9 Å². The number of amides is 3. The number of nitrogens with one attached hydrogen (secondary N) is 3. The van der Waals surface area contributed by atoms with E-state index in [9.17, 15) is 9.59 Å². The van der Waals surface area contributed by atoms with Gasteiger partial charge in [0.15, 0.2) is 0 Å². The van der Waals surface area contributed by atoms with Crippen molar-refractivity contribution < 1.29 is 9.59 Å². The topological polar surface area (TPSA) is 73.5 Å². The van der Waals surface area contributed by atoms with Gasteiger partial charge in [-0.1, -0.05) is 43.1 Å². The van der Waals surface area contributed by atoms with Gasteiger partial charge in [-0.3, -0.25) is 4.79 Å². The van der Waals surface area contributed by atoms with Crippen LogP contribution in [0.4, 0.5) is 21.9 Å². The number of rotatable bonds is 6. The predicted molar refractivity (Wildman–Crippen MR) is 124 cm³/mol. The lowest BCUT2D eigenvalue weighted by Crippen LogP contribution is -2.30. The second-order valence-electron chi connectivity index (χ2n) is 7.71. The molecule has 1 fully saturated rings. The molecule has 0 unspecified atom stereocenters. The first-order valence-corrected chi connectivity index (χ1v) is 10.8. The monoisotopic (exact) mass is 448 g/mol. The molecule has 1 aliphatic heterocycles. The number of anilines is 3. The standard InChI is InChI=1S/C22H26Cl2N4O2/c1-14(2)13-25-21(29)16-12-15(8-9-19(16)28-10-3-4-11-28)26-22(30)27-18-7-5-6-17(23)20(18)24/h5-9,12,14H,3-4,10-11,13H2,1-2H3,(H,25,29)(H2,26,27,30). The van der Waals surface area contributed by atoms with Gasteiger partial charge in [-0.25, -0.2) is 4.79 Å². The van der Waals surface area contributed by atoms with Crippen molar-refractivity contribution in [1.29, 1.82) is 0 Å². The molecule has 0 saturated carbocycles. The number of carbonyl (C=O) groups is 2. The first kappa shape index (κ1) is 22.2. The molecule has 6 nitrogen and oxygen atoms in total. The minimum Gasteiger partial charge on any atom is -0.371 e. The Hall–Kier alpha value is -2.44. The van der Waals surface area contributed by atoms with E-state index in [-0.39, 0.29) is 10.9 Å². The van der Waals surface area contributed by atoms with Gasteiger partial charge in [-0.2, -0.15) is 0 Å². The van der Waals surface area contributed by atoms with Crippen LogP contribution in [0, 0.1) is 5.92 Å². The van der Waals surface area contributed by atoms with Gasteiger partial charge in [0, 0.05) is 31.0 Å². The van der Waals surface area contributed by atoms with Crippen LogP contribution in [0.3, 0.4) is 0 Å². The molecule has 3 rings (SSSR count). The summed E-state index contributed by atoms with van der Waals surface area (Å²) in [6.07, 6.45) is 2.21. The second-order valence-corrected chi connectivity index (χ2v) is 8.50. The highest BCUT2D eigenvalue weighted by Crippen LogP contribution is 2.30. The Bertz CT molecular complexity index is 927. The molecule has 30 heavy (non-hydrogen) atoms.